The second kappa shape index (κ2) is 6.41. The molecule has 0 saturated heterocycles. The van der Waals surface area contributed by atoms with E-state index in [2.05, 4.69) is 25.5 Å². The molecule has 0 bridgehead atoms. The Hall–Kier alpha value is -2.27. The molecule has 1 aliphatic rings. The zero-order valence-electron chi connectivity index (χ0n) is 16.0. The number of aryl methyl sites for hydroxylation is 2. The number of benzene rings is 2. The third kappa shape index (κ3) is 3.48. The normalized spacial score (nSPS) is 14.9. The molecule has 0 radical (unpaired) electrons. The number of furan rings is 1. The fourth-order valence-electron chi connectivity index (χ4n) is 3.67. The highest BCUT2D eigenvalue weighted by Gasteiger charge is 2.20. The zero-order valence-corrected chi connectivity index (χ0v) is 16.8. The van der Waals surface area contributed by atoms with Crippen LogP contribution in [0, 0.1) is 0 Å². The number of anilines is 1. The van der Waals surface area contributed by atoms with Crippen LogP contribution in [0.5, 0.6) is 0 Å². The molecule has 0 unspecified atom stereocenters. The van der Waals surface area contributed by atoms with Crippen LogP contribution in [0.3, 0.4) is 0 Å². The number of nitrogens with one attached hydrogen (secondary N) is 1. The van der Waals surface area contributed by atoms with E-state index in [0.29, 0.717) is 5.69 Å². The molecule has 4 rings (SSSR count). The van der Waals surface area contributed by atoms with Crippen LogP contribution in [0.2, 0.25) is 0 Å². The predicted molar refractivity (Wildman–Crippen MR) is 109 cm³/mol. The molecule has 1 aliphatic carbocycles. The number of hydrogen-bond donors (Lipinski definition) is 1. The molecule has 1 heterocycles. The van der Waals surface area contributed by atoms with Gasteiger partial charge >= 0.3 is 0 Å². The summed E-state index contributed by atoms with van der Waals surface area (Å²) in [6, 6.07) is 12.6. The molecule has 4 nitrogen and oxygen atoms in total. The van der Waals surface area contributed by atoms with Gasteiger partial charge in [0.1, 0.15) is 11.3 Å². The largest absolute Gasteiger partial charge is 0.461 e. The fraction of sp³-hybridized carbons (Fsp3) is 0.364. The molecule has 1 N–H and O–H groups in total. The SMILES string of the molecule is CC(C)(C)c1ccc(S(=O)(=O)Nc2ccc3oc4c(c3c2)CCCC4)cc1. The van der Waals surface area contributed by atoms with Crippen molar-refractivity contribution < 1.29 is 12.8 Å². The van der Waals surface area contributed by atoms with Crippen molar-refractivity contribution >= 4 is 26.7 Å². The fourth-order valence-corrected chi connectivity index (χ4v) is 4.72. The summed E-state index contributed by atoms with van der Waals surface area (Å²) in [6.45, 7) is 6.32. The summed E-state index contributed by atoms with van der Waals surface area (Å²) in [5.41, 5.74) is 3.72. The van der Waals surface area contributed by atoms with Crippen molar-refractivity contribution in [3.05, 3.63) is 59.4 Å². The summed E-state index contributed by atoms with van der Waals surface area (Å²) in [6.07, 6.45) is 4.26. The highest BCUT2D eigenvalue weighted by molar-refractivity contribution is 7.92. The lowest BCUT2D eigenvalue weighted by atomic mass is 9.87. The molecular weight excluding hydrogens is 358 g/mol. The first kappa shape index (κ1) is 18.1. The molecule has 0 saturated carbocycles. The minimum atomic E-state index is -3.63. The molecule has 142 valence electrons. The lowest BCUT2D eigenvalue weighted by molar-refractivity contribution is 0.506. The first-order valence-corrected chi connectivity index (χ1v) is 10.9. The molecule has 3 aromatic rings. The van der Waals surface area contributed by atoms with Crippen molar-refractivity contribution in [2.24, 2.45) is 0 Å². The second-order valence-electron chi connectivity index (χ2n) is 8.30. The van der Waals surface area contributed by atoms with Gasteiger partial charge in [-0.05, 0) is 60.6 Å². The number of sulfonamides is 1. The van der Waals surface area contributed by atoms with E-state index in [1.807, 2.05) is 24.3 Å². The van der Waals surface area contributed by atoms with Crippen molar-refractivity contribution in [2.45, 2.75) is 56.8 Å². The van der Waals surface area contributed by atoms with Crippen LogP contribution in [-0.2, 0) is 28.3 Å². The predicted octanol–water partition coefficient (Wildman–Crippen LogP) is 5.41. The van der Waals surface area contributed by atoms with Gasteiger partial charge in [0.15, 0.2) is 0 Å². The Bertz CT molecular complexity index is 1090. The Morgan fingerprint density at radius 1 is 0.963 bits per heavy atom. The van der Waals surface area contributed by atoms with Crippen molar-refractivity contribution in [3.63, 3.8) is 0 Å². The van der Waals surface area contributed by atoms with Gasteiger partial charge in [0, 0.05) is 23.1 Å². The summed E-state index contributed by atoms with van der Waals surface area (Å²) in [7, 11) is -3.63. The highest BCUT2D eigenvalue weighted by atomic mass is 32.2. The van der Waals surface area contributed by atoms with Crippen molar-refractivity contribution in [1.29, 1.82) is 0 Å². The van der Waals surface area contributed by atoms with Gasteiger partial charge in [0.2, 0.25) is 0 Å². The Morgan fingerprint density at radius 3 is 2.37 bits per heavy atom. The van der Waals surface area contributed by atoms with Crippen LogP contribution in [0.4, 0.5) is 5.69 Å². The lowest BCUT2D eigenvalue weighted by Gasteiger charge is -2.19. The molecule has 2 aromatic carbocycles. The third-order valence-corrected chi connectivity index (χ3v) is 6.64. The monoisotopic (exact) mass is 383 g/mol. The van der Waals surface area contributed by atoms with Crippen LogP contribution in [0.1, 0.15) is 50.5 Å². The van der Waals surface area contributed by atoms with Gasteiger partial charge in [-0.2, -0.15) is 0 Å². The smallest absolute Gasteiger partial charge is 0.261 e. The molecule has 27 heavy (non-hydrogen) atoms. The maximum atomic E-state index is 12.8. The molecule has 0 fully saturated rings. The maximum Gasteiger partial charge on any atom is 0.261 e. The van der Waals surface area contributed by atoms with Gasteiger partial charge in [-0.25, -0.2) is 8.42 Å². The summed E-state index contributed by atoms with van der Waals surface area (Å²) >= 11 is 0. The van der Waals surface area contributed by atoms with Gasteiger partial charge in [0.05, 0.1) is 4.90 Å². The summed E-state index contributed by atoms with van der Waals surface area (Å²) in [5, 5.41) is 1.02. The van der Waals surface area contributed by atoms with E-state index < -0.39 is 10.0 Å². The van der Waals surface area contributed by atoms with Crippen molar-refractivity contribution in [3.8, 4) is 0 Å². The summed E-state index contributed by atoms with van der Waals surface area (Å²) in [5.74, 6) is 1.05. The first-order chi connectivity index (χ1) is 12.7. The molecule has 1 aromatic heterocycles. The average Bonchev–Trinajstić information content (AvgIpc) is 2.99. The van der Waals surface area contributed by atoms with E-state index >= 15 is 0 Å². The second-order valence-corrected chi connectivity index (χ2v) is 9.98. The standard InChI is InChI=1S/C22H25NO3S/c1-22(2,3)15-8-11-17(12-9-15)27(24,25)23-16-10-13-21-19(14-16)18-6-4-5-7-20(18)26-21/h8-14,23H,4-7H2,1-3H3. The highest BCUT2D eigenvalue weighted by Crippen LogP contribution is 2.34. The molecule has 0 atom stereocenters. The van der Waals surface area contributed by atoms with Crippen LogP contribution < -0.4 is 4.72 Å². The van der Waals surface area contributed by atoms with Gasteiger partial charge in [0.25, 0.3) is 10.0 Å². The summed E-state index contributed by atoms with van der Waals surface area (Å²) < 4.78 is 34.2. The molecule has 5 heteroatoms. The zero-order chi connectivity index (χ0) is 19.2. The maximum absolute atomic E-state index is 12.8. The Balaban J connectivity index is 1.64. The van der Waals surface area contributed by atoms with Gasteiger partial charge in [-0.1, -0.05) is 32.9 Å². The first-order valence-electron chi connectivity index (χ1n) is 9.42. The number of fused-ring (bicyclic) bond motifs is 3. The number of rotatable bonds is 3. The van der Waals surface area contributed by atoms with Crippen LogP contribution in [-0.4, -0.2) is 8.42 Å². The molecular formula is C22H25NO3S. The third-order valence-electron chi connectivity index (χ3n) is 5.24. The minimum absolute atomic E-state index is 0.0128. The Labute approximate surface area is 160 Å². The van der Waals surface area contributed by atoms with E-state index in [9.17, 15) is 8.42 Å². The minimum Gasteiger partial charge on any atom is -0.461 e. The molecule has 0 spiro atoms. The number of hydrogen-bond acceptors (Lipinski definition) is 3. The van der Waals surface area contributed by atoms with E-state index in [4.69, 9.17) is 4.42 Å². The quantitative estimate of drug-likeness (QED) is 0.658. The van der Waals surface area contributed by atoms with E-state index in [0.717, 1.165) is 48.0 Å². The van der Waals surface area contributed by atoms with Crippen LogP contribution in [0.15, 0.2) is 51.8 Å². The topological polar surface area (TPSA) is 59.3 Å². The average molecular weight is 384 g/mol. The van der Waals surface area contributed by atoms with Crippen molar-refractivity contribution in [1.82, 2.24) is 0 Å². The molecule has 0 amide bonds. The Kier molecular flexibility index (Phi) is 4.30. The van der Waals surface area contributed by atoms with E-state index in [-0.39, 0.29) is 10.3 Å². The lowest BCUT2D eigenvalue weighted by Crippen LogP contribution is -2.14. The van der Waals surface area contributed by atoms with E-state index in [1.165, 1.54) is 5.56 Å². The summed E-state index contributed by atoms with van der Waals surface area (Å²) in [4.78, 5) is 0.268. The van der Waals surface area contributed by atoms with Gasteiger partial charge in [-0.3, -0.25) is 4.72 Å². The van der Waals surface area contributed by atoms with Crippen LogP contribution >= 0.6 is 0 Å². The Morgan fingerprint density at radius 2 is 1.67 bits per heavy atom. The van der Waals surface area contributed by atoms with Gasteiger partial charge < -0.3 is 4.42 Å². The molecule has 0 aliphatic heterocycles. The van der Waals surface area contributed by atoms with Crippen molar-refractivity contribution in [2.75, 3.05) is 4.72 Å². The van der Waals surface area contributed by atoms with Gasteiger partial charge in [-0.15, -0.1) is 0 Å². The van der Waals surface area contributed by atoms with Crippen LogP contribution in [0.25, 0.3) is 11.0 Å². The van der Waals surface area contributed by atoms with E-state index in [1.54, 1.807) is 18.2 Å².